The molecule has 0 saturated heterocycles. The van der Waals surface area contributed by atoms with E-state index in [1.807, 2.05) is 0 Å². The minimum absolute atomic E-state index is 0.208. The molecule has 1 aromatic heterocycles. The van der Waals surface area contributed by atoms with Gasteiger partial charge in [0.25, 0.3) is 5.56 Å². The van der Waals surface area contributed by atoms with Crippen LogP contribution >= 0.6 is 11.5 Å². The summed E-state index contributed by atoms with van der Waals surface area (Å²) in [5.74, 6) is 0. The fraction of sp³-hybridized carbons (Fsp3) is 0. The van der Waals surface area contributed by atoms with Crippen LogP contribution in [0.25, 0.3) is 0 Å². The molecule has 0 amide bonds. The molecule has 0 bridgehead atoms. The summed E-state index contributed by atoms with van der Waals surface area (Å²) in [6, 6.07) is 1.56. The van der Waals surface area contributed by atoms with Crippen molar-refractivity contribution in [3.05, 3.63) is 15.9 Å². The first-order chi connectivity index (χ1) is 4.25. The van der Waals surface area contributed by atoms with Gasteiger partial charge < -0.3 is 5.11 Å². The van der Waals surface area contributed by atoms with Gasteiger partial charge in [-0.3, -0.25) is 9.17 Å². The Kier molecular flexibility index (Phi) is 1.24. The molecule has 9 heavy (non-hydrogen) atoms. The third-order valence-electron chi connectivity index (χ3n) is 0.793. The van der Waals surface area contributed by atoms with Gasteiger partial charge in [0.1, 0.15) is 6.07 Å². The molecule has 0 aliphatic heterocycles. The van der Waals surface area contributed by atoms with Crippen molar-refractivity contribution in [1.29, 1.82) is 5.26 Å². The summed E-state index contributed by atoms with van der Waals surface area (Å²) in [4.78, 5) is 10.4. The van der Waals surface area contributed by atoms with Crippen LogP contribution in [0.2, 0.25) is 0 Å². The average molecular weight is 142 g/mol. The van der Waals surface area contributed by atoms with Crippen molar-refractivity contribution < 1.29 is 5.11 Å². The third-order valence-corrected chi connectivity index (χ3v) is 1.48. The van der Waals surface area contributed by atoms with Crippen molar-refractivity contribution >= 4 is 11.5 Å². The van der Waals surface area contributed by atoms with E-state index in [9.17, 15) is 4.79 Å². The first-order valence-corrected chi connectivity index (χ1v) is 2.88. The fourth-order valence-electron chi connectivity index (χ4n) is 0.392. The van der Waals surface area contributed by atoms with E-state index in [1.165, 1.54) is 0 Å². The number of H-pyrrole nitrogens is 1. The monoisotopic (exact) mass is 142 g/mol. The SMILES string of the molecule is N#Cc1c(O)s[nH]c1=O. The van der Waals surface area contributed by atoms with Crippen molar-refractivity contribution in [1.82, 2.24) is 4.37 Å². The molecule has 0 saturated carbocycles. The molecule has 4 nitrogen and oxygen atoms in total. The Morgan fingerprint density at radius 2 is 2.44 bits per heavy atom. The number of hydrogen-bond acceptors (Lipinski definition) is 4. The maximum absolute atomic E-state index is 10.4. The van der Waals surface area contributed by atoms with Gasteiger partial charge in [-0.25, -0.2) is 0 Å². The van der Waals surface area contributed by atoms with E-state index in [4.69, 9.17) is 10.4 Å². The van der Waals surface area contributed by atoms with Crippen LogP contribution in [0.4, 0.5) is 0 Å². The number of nitrogens with one attached hydrogen (secondary N) is 1. The molecule has 0 spiro atoms. The number of hydrogen-bond donors (Lipinski definition) is 2. The van der Waals surface area contributed by atoms with Crippen LogP contribution < -0.4 is 5.56 Å². The normalized spacial score (nSPS) is 8.78. The minimum atomic E-state index is -0.528. The summed E-state index contributed by atoms with van der Waals surface area (Å²) >= 11 is 0.751. The second-order valence-corrected chi connectivity index (χ2v) is 2.12. The van der Waals surface area contributed by atoms with Gasteiger partial charge in [-0.05, 0) is 11.5 Å². The zero-order valence-corrected chi connectivity index (χ0v) is 5.03. The topological polar surface area (TPSA) is 76.9 Å². The maximum atomic E-state index is 10.4. The van der Waals surface area contributed by atoms with Crippen LogP contribution in [-0.4, -0.2) is 9.48 Å². The molecule has 0 fully saturated rings. The van der Waals surface area contributed by atoms with E-state index in [0.29, 0.717) is 0 Å². The molecule has 1 aromatic rings. The van der Waals surface area contributed by atoms with Crippen molar-refractivity contribution in [2.45, 2.75) is 0 Å². The molecule has 0 unspecified atom stereocenters. The van der Waals surface area contributed by atoms with Gasteiger partial charge >= 0.3 is 0 Å². The predicted octanol–water partition coefficient (Wildman–Crippen LogP) is 0.0137. The highest BCUT2D eigenvalue weighted by Gasteiger charge is 2.05. The second-order valence-electron chi connectivity index (χ2n) is 1.33. The Balaban J connectivity index is 3.46. The molecule has 0 aliphatic rings. The highest BCUT2D eigenvalue weighted by molar-refractivity contribution is 7.07. The highest BCUT2D eigenvalue weighted by atomic mass is 32.1. The molecule has 2 N–H and O–H groups in total. The molecule has 1 rings (SSSR count). The molecule has 0 aliphatic carbocycles. The Morgan fingerprint density at radius 1 is 1.78 bits per heavy atom. The number of aromatic hydroxyl groups is 1. The van der Waals surface area contributed by atoms with E-state index in [-0.39, 0.29) is 10.6 Å². The molecule has 1 heterocycles. The summed E-state index contributed by atoms with van der Waals surface area (Å²) in [5, 5.41) is 16.6. The first-order valence-electron chi connectivity index (χ1n) is 2.06. The molecule has 46 valence electrons. The highest BCUT2D eigenvalue weighted by Crippen LogP contribution is 2.14. The third kappa shape index (κ3) is 0.795. The van der Waals surface area contributed by atoms with Gasteiger partial charge in [0.15, 0.2) is 5.56 Å². The molecule has 0 aromatic carbocycles. The lowest BCUT2D eigenvalue weighted by atomic mass is 10.4. The molecular weight excluding hydrogens is 140 g/mol. The largest absolute Gasteiger partial charge is 0.497 e. The van der Waals surface area contributed by atoms with Crippen LogP contribution in [-0.2, 0) is 0 Å². The summed E-state index contributed by atoms with van der Waals surface area (Å²) in [6.07, 6.45) is 0. The maximum Gasteiger partial charge on any atom is 0.279 e. The van der Waals surface area contributed by atoms with Crippen LogP contribution in [0.3, 0.4) is 0 Å². The summed E-state index contributed by atoms with van der Waals surface area (Å²) < 4.78 is 2.20. The van der Waals surface area contributed by atoms with Crippen LogP contribution in [0.1, 0.15) is 5.56 Å². The number of nitrogens with zero attached hydrogens (tertiary/aromatic N) is 1. The Hall–Kier alpha value is -1.28. The zero-order valence-electron chi connectivity index (χ0n) is 4.21. The number of aromatic nitrogens is 1. The van der Waals surface area contributed by atoms with E-state index in [2.05, 4.69) is 4.37 Å². The van der Waals surface area contributed by atoms with Gasteiger partial charge in [-0.2, -0.15) is 5.26 Å². The molecule has 5 heteroatoms. The number of nitriles is 1. The van der Waals surface area contributed by atoms with E-state index < -0.39 is 5.56 Å². The lowest BCUT2D eigenvalue weighted by Gasteiger charge is -1.73. The van der Waals surface area contributed by atoms with Crippen molar-refractivity contribution in [2.24, 2.45) is 0 Å². The van der Waals surface area contributed by atoms with Gasteiger partial charge in [-0.1, -0.05) is 0 Å². The number of aromatic amines is 1. The van der Waals surface area contributed by atoms with Crippen LogP contribution in [0.15, 0.2) is 4.79 Å². The Labute approximate surface area is 54.1 Å². The average Bonchev–Trinajstić information content (AvgIpc) is 2.12. The van der Waals surface area contributed by atoms with Gasteiger partial charge in [0.2, 0.25) is 5.06 Å². The van der Waals surface area contributed by atoms with Crippen molar-refractivity contribution in [2.75, 3.05) is 0 Å². The molecule has 0 radical (unpaired) electrons. The standard InChI is InChI=1S/C4H2N2O2S/c5-1-2-3(7)6-9-4(2)8/h8H,(H,6,7). The quantitative estimate of drug-likeness (QED) is 0.535. The number of rotatable bonds is 0. The summed E-state index contributed by atoms with van der Waals surface area (Å²) in [7, 11) is 0. The molecular formula is C4H2N2O2S. The summed E-state index contributed by atoms with van der Waals surface area (Å²) in [5.41, 5.74) is -0.736. The van der Waals surface area contributed by atoms with Gasteiger partial charge in [0, 0.05) is 0 Å². The lowest BCUT2D eigenvalue weighted by Crippen LogP contribution is -2.00. The molecule has 0 atom stereocenters. The van der Waals surface area contributed by atoms with Crippen LogP contribution in [0.5, 0.6) is 5.06 Å². The fourth-order valence-corrected chi connectivity index (χ4v) is 0.924. The smallest absolute Gasteiger partial charge is 0.279 e. The van der Waals surface area contributed by atoms with Crippen molar-refractivity contribution in [3.8, 4) is 11.1 Å². The van der Waals surface area contributed by atoms with E-state index >= 15 is 0 Å². The van der Waals surface area contributed by atoms with Crippen LogP contribution in [0, 0.1) is 11.3 Å². The second kappa shape index (κ2) is 1.91. The van der Waals surface area contributed by atoms with Gasteiger partial charge in [-0.15, -0.1) is 0 Å². The Bertz CT molecular complexity index is 305. The Morgan fingerprint density at radius 3 is 2.67 bits per heavy atom. The first kappa shape index (κ1) is 5.85. The minimum Gasteiger partial charge on any atom is -0.497 e. The predicted molar refractivity (Wildman–Crippen MR) is 31.3 cm³/mol. The lowest BCUT2D eigenvalue weighted by molar-refractivity contribution is 0.489. The zero-order chi connectivity index (χ0) is 6.85. The van der Waals surface area contributed by atoms with E-state index in [0.717, 1.165) is 11.5 Å². The van der Waals surface area contributed by atoms with Crippen molar-refractivity contribution in [3.63, 3.8) is 0 Å². The van der Waals surface area contributed by atoms with Gasteiger partial charge in [0.05, 0.1) is 0 Å². The van der Waals surface area contributed by atoms with E-state index in [1.54, 1.807) is 6.07 Å². The summed E-state index contributed by atoms with van der Waals surface area (Å²) in [6.45, 7) is 0.